The monoisotopic (exact) mass is 451 g/mol. The third-order valence-corrected chi connectivity index (χ3v) is 6.80. The molecule has 2 atom stereocenters. The number of carboxylic acid groups (broad SMARTS) is 1. The van der Waals surface area contributed by atoms with E-state index in [2.05, 4.69) is 10.5 Å². The van der Waals surface area contributed by atoms with Crippen LogP contribution in [0.5, 0.6) is 5.75 Å². The van der Waals surface area contributed by atoms with Gasteiger partial charge in [0.1, 0.15) is 23.4 Å². The van der Waals surface area contributed by atoms with E-state index in [1.165, 1.54) is 24.1 Å². The molecule has 31 heavy (non-hydrogen) atoms. The number of ether oxygens (including phenoxy) is 1. The lowest BCUT2D eigenvalue weighted by Gasteiger charge is -2.57. The highest BCUT2D eigenvalue weighted by molar-refractivity contribution is 6.30. The predicted octanol–water partition coefficient (Wildman–Crippen LogP) is 3.60. The molecule has 1 aliphatic carbocycles. The Bertz CT molecular complexity index is 989. The Morgan fingerprint density at radius 2 is 2.13 bits per heavy atom. The van der Waals surface area contributed by atoms with Gasteiger partial charge in [0.2, 0.25) is 0 Å². The van der Waals surface area contributed by atoms with Crippen LogP contribution in [0.2, 0.25) is 5.02 Å². The predicted molar refractivity (Wildman–Crippen MR) is 109 cm³/mol. The maximum Gasteiger partial charge on any atom is 0.407 e. The third-order valence-electron chi connectivity index (χ3n) is 6.49. The second kappa shape index (κ2) is 8.37. The number of carbonyl (C=O) groups is 2. The molecule has 0 bridgehead atoms. The summed E-state index contributed by atoms with van der Waals surface area (Å²) in [7, 11) is 1.52. The summed E-state index contributed by atoms with van der Waals surface area (Å²) in [5.74, 6) is 0.0627. The van der Waals surface area contributed by atoms with E-state index in [1.54, 1.807) is 12.1 Å². The van der Waals surface area contributed by atoms with Gasteiger partial charge in [-0.25, -0.2) is 9.18 Å². The van der Waals surface area contributed by atoms with Crippen molar-refractivity contribution in [2.45, 2.75) is 31.8 Å². The Labute approximate surface area is 183 Å². The molecule has 2 fully saturated rings. The number of amides is 2. The SMILES string of the molecule is CNC(=O)c1cc(CC2C(Oc3ccc(Cl)c(F)c3)CC23CCN(C(=O)O)CC3)on1. The molecule has 1 saturated heterocycles. The minimum Gasteiger partial charge on any atom is -0.490 e. The van der Waals surface area contributed by atoms with E-state index < -0.39 is 11.9 Å². The largest absolute Gasteiger partial charge is 0.490 e. The molecule has 1 aliphatic heterocycles. The molecule has 10 heteroatoms. The van der Waals surface area contributed by atoms with Crippen molar-refractivity contribution in [1.29, 1.82) is 0 Å². The fourth-order valence-corrected chi connectivity index (χ4v) is 4.82. The van der Waals surface area contributed by atoms with Gasteiger partial charge in [0.05, 0.1) is 5.02 Å². The average molecular weight is 452 g/mol. The van der Waals surface area contributed by atoms with Crippen LogP contribution in [0.3, 0.4) is 0 Å². The number of carbonyl (C=O) groups excluding carboxylic acids is 1. The van der Waals surface area contributed by atoms with Gasteiger partial charge in [0.25, 0.3) is 5.91 Å². The molecule has 1 saturated carbocycles. The zero-order valence-corrected chi connectivity index (χ0v) is 17.7. The Balaban J connectivity index is 1.53. The number of piperidine rings is 1. The van der Waals surface area contributed by atoms with Gasteiger partial charge in [-0.05, 0) is 36.8 Å². The summed E-state index contributed by atoms with van der Waals surface area (Å²) >= 11 is 5.76. The van der Waals surface area contributed by atoms with E-state index in [1.807, 2.05) is 0 Å². The van der Waals surface area contributed by atoms with Crippen molar-refractivity contribution in [3.63, 3.8) is 0 Å². The number of nitrogens with zero attached hydrogens (tertiary/aromatic N) is 2. The van der Waals surface area contributed by atoms with Crippen LogP contribution in [0.4, 0.5) is 9.18 Å². The van der Waals surface area contributed by atoms with E-state index in [0.29, 0.717) is 43.9 Å². The number of nitrogens with one attached hydrogen (secondary N) is 1. The van der Waals surface area contributed by atoms with Gasteiger partial charge in [0.15, 0.2) is 5.69 Å². The van der Waals surface area contributed by atoms with E-state index in [0.717, 1.165) is 6.42 Å². The van der Waals surface area contributed by atoms with Crippen molar-refractivity contribution >= 4 is 23.6 Å². The molecule has 4 rings (SSSR count). The van der Waals surface area contributed by atoms with Crippen LogP contribution in [0.15, 0.2) is 28.8 Å². The molecule has 2 aromatic rings. The van der Waals surface area contributed by atoms with Gasteiger partial charge in [-0.1, -0.05) is 16.8 Å². The Hall–Kier alpha value is -2.81. The number of benzene rings is 1. The maximum atomic E-state index is 13.8. The molecule has 1 aromatic heterocycles. The number of hydrogen-bond acceptors (Lipinski definition) is 5. The van der Waals surface area contributed by atoms with Gasteiger partial charge in [-0.3, -0.25) is 4.79 Å². The first kappa shape index (κ1) is 21.4. The fourth-order valence-electron chi connectivity index (χ4n) is 4.70. The van der Waals surface area contributed by atoms with Gasteiger partial charge in [-0.15, -0.1) is 0 Å². The van der Waals surface area contributed by atoms with Gasteiger partial charge < -0.3 is 24.6 Å². The van der Waals surface area contributed by atoms with Crippen molar-refractivity contribution in [2.24, 2.45) is 11.3 Å². The van der Waals surface area contributed by atoms with Crippen molar-refractivity contribution in [2.75, 3.05) is 20.1 Å². The lowest BCUT2D eigenvalue weighted by molar-refractivity contribution is -0.122. The summed E-state index contributed by atoms with van der Waals surface area (Å²) in [6.45, 7) is 0.905. The van der Waals surface area contributed by atoms with Gasteiger partial charge >= 0.3 is 6.09 Å². The van der Waals surface area contributed by atoms with Crippen LogP contribution in [0, 0.1) is 17.2 Å². The molecule has 2 amide bonds. The van der Waals surface area contributed by atoms with Gasteiger partial charge in [0, 0.05) is 44.6 Å². The molecular weight excluding hydrogens is 429 g/mol. The summed E-state index contributed by atoms with van der Waals surface area (Å²) < 4.78 is 25.3. The zero-order valence-electron chi connectivity index (χ0n) is 16.9. The van der Waals surface area contributed by atoms with Crippen LogP contribution in [0.1, 0.15) is 35.5 Å². The summed E-state index contributed by atoms with van der Waals surface area (Å²) in [5.41, 5.74) is 0.0884. The highest BCUT2D eigenvalue weighted by atomic mass is 35.5. The second-order valence-corrected chi connectivity index (χ2v) is 8.54. The first-order valence-corrected chi connectivity index (χ1v) is 10.5. The Morgan fingerprint density at radius 3 is 2.77 bits per heavy atom. The van der Waals surface area contributed by atoms with Crippen LogP contribution >= 0.6 is 11.6 Å². The van der Waals surface area contributed by atoms with Gasteiger partial charge in [-0.2, -0.15) is 0 Å². The summed E-state index contributed by atoms with van der Waals surface area (Å²) in [6, 6.07) is 5.94. The van der Waals surface area contributed by atoms with Crippen molar-refractivity contribution in [3.8, 4) is 5.75 Å². The molecular formula is C21H23ClFN3O5. The first-order valence-electron chi connectivity index (χ1n) is 10.1. The van der Waals surface area contributed by atoms with Crippen molar-refractivity contribution in [1.82, 2.24) is 15.4 Å². The third kappa shape index (κ3) is 4.19. The first-order chi connectivity index (χ1) is 14.8. The van der Waals surface area contributed by atoms with E-state index in [-0.39, 0.29) is 34.1 Å². The van der Waals surface area contributed by atoms with E-state index >= 15 is 0 Å². The highest BCUT2D eigenvalue weighted by Gasteiger charge is 2.56. The molecule has 2 heterocycles. The summed E-state index contributed by atoms with van der Waals surface area (Å²) in [5, 5.41) is 15.6. The second-order valence-electron chi connectivity index (χ2n) is 8.14. The molecule has 0 radical (unpaired) electrons. The normalized spacial score (nSPS) is 22.1. The van der Waals surface area contributed by atoms with E-state index in [9.17, 15) is 19.1 Å². The molecule has 2 N–H and O–H groups in total. The number of aromatic nitrogens is 1. The smallest absolute Gasteiger partial charge is 0.407 e. The lowest BCUT2D eigenvalue weighted by atomic mass is 9.52. The quantitative estimate of drug-likeness (QED) is 0.719. The molecule has 166 valence electrons. The molecule has 1 aromatic carbocycles. The zero-order chi connectivity index (χ0) is 22.2. The molecule has 8 nitrogen and oxygen atoms in total. The van der Waals surface area contributed by atoms with Crippen LogP contribution < -0.4 is 10.1 Å². The minimum atomic E-state index is -0.916. The van der Waals surface area contributed by atoms with Crippen LogP contribution in [-0.2, 0) is 6.42 Å². The lowest BCUT2D eigenvalue weighted by Crippen LogP contribution is -2.59. The molecule has 1 spiro atoms. The molecule has 2 unspecified atom stereocenters. The number of rotatable bonds is 5. The standard InChI is InChI=1S/C21H23ClFN3O5/c1-24-19(27)17-10-13(31-25-17)8-14-18(30-12-2-3-15(22)16(23)9-12)11-21(14)4-6-26(7-5-21)20(28)29/h2-3,9-10,14,18H,4-8,11H2,1H3,(H,24,27)(H,28,29). The average Bonchev–Trinajstić information content (AvgIpc) is 3.23. The summed E-state index contributed by atoms with van der Waals surface area (Å²) in [4.78, 5) is 24.5. The van der Waals surface area contributed by atoms with Crippen molar-refractivity contribution < 1.29 is 28.3 Å². The van der Waals surface area contributed by atoms with Crippen LogP contribution in [0.25, 0.3) is 0 Å². The topological polar surface area (TPSA) is 105 Å². The Morgan fingerprint density at radius 1 is 1.39 bits per heavy atom. The fraction of sp³-hybridized carbons (Fsp3) is 0.476. The maximum absolute atomic E-state index is 13.8. The Kier molecular flexibility index (Phi) is 5.79. The number of halogens is 2. The van der Waals surface area contributed by atoms with Crippen LogP contribution in [-0.4, -0.2) is 53.4 Å². The number of hydrogen-bond donors (Lipinski definition) is 2. The molecule has 2 aliphatic rings. The van der Waals surface area contributed by atoms with E-state index in [4.69, 9.17) is 20.9 Å². The van der Waals surface area contributed by atoms with Crippen molar-refractivity contribution in [3.05, 3.63) is 46.6 Å². The number of likely N-dealkylation sites (tertiary alicyclic amines) is 1. The summed E-state index contributed by atoms with van der Waals surface area (Å²) in [6.07, 6.45) is 1.50. The highest BCUT2D eigenvalue weighted by Crippen LogP contribution is 2.56. The minimum absolute atomic E-state index is 0.00710.